The smallest absolute Gasteiger partial charge is 0.179 e. The predicted octanol–water partition coefficient (Wildman–Crippen LogP) is 0.450. The molecule has 0 saturated carbocycles. The Morgan fingerprint density at radius 2 is 1.88 bits per heavy atom. The molecule has 2 rings (SSSR count). The molecule has 0 saturated heterocycles. The van der Waals surface area contributed by atoms with E-state index < -0.39 is 19.7 Å². The number of ketones is 1. The minimum atomic E-state index is -3.45. The molecule has 1 aliphatic rings. The average Bonchev–Trinajstić information content (AvgIpc) is 2.22. The molecule has 92 valence electrons. The van der Waals surface area contributed by atoms with Gasteiger partial charge in [0.2, 0.25) is 0 Å². The minimum Gasteiger partial charge on any atom is -0.294 e. The number of fused-ring (bicyclic) bond motifs is 1. The largest absolute Gasteiger partial charge is 0.294 e. The standard InChI is InChI=1S/C10H10O5S2/c1-16(12,13)7-2-3-10-8(6-7)9(11)4-5-17(10,14)15/h2-3,6H,4-5H2,1H3. The van der Waals surface area contributed by atoms with Crippen LogP contribution in [-0.4, -0.2) is 34.6 Å². The number of sulfone groups is 2. The summed E-state index contributed by atoms with van der Waals surface area (Å²) in [6.07, 6.45) is 0.916. The van der Waals surface area contributed by atoms with Gasteiger partial charge >= 0.3 is 0 Å². The summed E-state index contributed by atoms with van der Waals surface area (Å²) in [6, 6.07) is 3.55. The molecule has 0 aliphatic carbocycles. The molecule has 0 spiro atoms. The molecular formula is C10H10O5S2. The van der Waals surface area contributed by atoms with E-state index in [1.807, 2.05) is 0 Å². The Kier molecular flexibility index (Phi) is 2.62. The summed E-state index contributed by atoms with van der Waals surface area (Å²) in [5, 5.41) is 0. The lowest BCUT2D eigenvalue weighted by Gasteiger charge is -2.15. The zero-order chi connectivity index (χ0) is 12.8. The van der Waals surface area contributed by atoms with Crippen LogP contribution in [0.25, 0.3) is 0 Å². The topological polar surface area (TPSA) is 85.3 Å². The summed E-state index contributed by atoms with van der Waals surface area (Å²) in [4.78, 5) is 11.5. The Morgan fingerprint density at radius 1 is 1.24 bits per heavy atom. The third kappa shape index (κ3) is 2.12. The maximum atomic E-state index is 11.7. The highest BCUT2D eigenvalue weighted by atomic mass is 32.2. The third-order valence-electron chi connectivity index (χ3n) is 2.61. The number of carbonyl (C=O) groups excluding carboxylic acids is 1. The van der Waals surface area contributed by atoms with Gasteiger partial charge in [0, 0.05) is 18.2 Å². The Bertz CT molecular complexity index is 698. The molecule has 0 atom stereocenters. The molecule has 0 aromatic heterocycles. The molecule has 0 unspecified atom stereocenters. The van der Waals surface area contributed by atoms with Crippen molar-refractivity contribution in [3.63, 3.8) is 0 Å². The summed E-state index contributed by atoms with van der Waals surface area (Å²) >= 11 is 0. The van der Waals surface area contributed by atoms with Crippen molar-refractivity contribution in [1.82, 2.24) is 0 Å². The van der Waals surface area contributed by atoms with Gasteiger partial charge in [-0.2, -0.15) is 0 Å². The molecular weight excluding hydrogens is 264 g/mol. The lowest BCUT2D eigenvalue weighted by Crippen LogP contribution is -2.21. The molecule has 17 heavy (non-hydrogen) atoms. The van der Waals surface area contributed by atoms with E-state index >= 15 is 0 Å². The Hall–Kier alpha value is -1.21. The van der Waals surface area contributed by atoms with E-state index in [4.69, 9.17) is 0 Å². The fourth-order valence-corrected chi connectivity index (χ4v) is 3.80. The van der Waals surface area contributed by atoms with Gasteiger partial charge < -0.3 is 0 Å². The number of rotatable bonds is 1. The summed E-state index contributed by atoms with van der Waals surface area (Å²) in [6.45, 7) is 0. The van der Waals surface area contributed by atoms with Gasteiger partial charge in [-0.25, -0.2) is 16.8 Å². The second-order valence-corrected chi connectivity index (χ2v) is 8.02. The number of carbonyl (C=O) groups is 1. The highest BCUT2D eigenvalue weighted by molar-refractivity contribution is 7.91. The molecule has 7 heteroatoms. The van der Waals surface area contributed by atoms with E-state index in [0.29, 0.717) is 0 Å². The van der Waals surface area contributed by atoms with Crippen molar-refractivity contribution in [3.8, 4) is 0 Å². The van der Waals surface area contributed by atoms with Crippen LogP contribution in [0.5, 0.6) is 0 Å². The molecule has 1 aliphatic heterocycles. The molecule has 1 heterocycles. The van der Waals surface area contributed by atoms with Gasteiger partial charge in [-0.05, 0) is 18.2 Å². The van der Waals surface area contributed by atoms with E-state index in [2.05, 4.69) is 0 Å². The van der Waals surface area contributed by atoms with Crippen LogP contribution in [0, 0.1) is 0 Å². The number of hydrogen-bond donors (Lipinski definition) is 0. The van der Waals surface area contributed by atoms with E-state index in [1.165, 1.54) is 12.1 Å². The van der Waals surface area contributed by atoms with Crippen molar-refractivity contribution in [1.29, 1.82) is 0 Å². The normalized spacial score (nSPS) is 18.8. The first-order valence-electron chi connectivity index (χ1n) is 4.82. The van der Waals surface area contributed by atoms with Gasteiger partial charge in [0.1, 0.15) is 0 Å². The number of benzene rings is 1. The lowest BCUT2D eigenvalue weighted by atomic mass is 10.1. The van der Waals surface area contributed by atoms with Gasteiger partial charge in [0.05, 0.1) is 15.5 Å². The van der Waals surface area contributed by atoms with E-state index in [0.717, 1.165) is 12.3 Å². The summed E-state index contributed by atoms with van der Waals surface area (Å²) in [7, 11) is -6.90. The van der Waals surface area contributed by atoms with Crippen LogP contribution in [0.15, 0.2) is 28.0 Å². The van der Waals surface area contributed by atoms with Crippen molar-refractivity contribution in [3.05, 3.63) is 23.8 Å². The highest BCUT2D eigenvalue weighted by Crippen LogP contribution is 2.27. The SMILES string of the molecule is CS(=O)(=O)c1ccc2c(c1)C(=O)CCS2(=O)=O. The zero-order valence-corrected chi connectivity index (χ0v) is 10.6. The first-order valence-corrected chi connectivity index (χ1v) is 8.36. The average molecular weight is 274 g/mol. The van der Waals surface area contributed by atoms with Crippen molar-refractivity contribution >= 4 is 25.5 Å². The van der Waals surface area contributed by atoms with Gasteiger partial charge in [0.25, 0.3) is 0 Å². The lowest BCUT2D eigenvalue weighted by molar-refractivity contribution is 0.0982. The fourth-order valence-electron chi connectivity index (χ4n) is 1.70. The maximum absolute atomic E-state index is 11.7. The van der Waals surface area contributed by atoms with Crippen molar-refractivity contribution in [2.24, 2.45) is 0 Å². The Balaban J connectivity index is 2.76. The predicted molar refractivity (Wildman–Crippen MR) is 60.6 cm³/mol. The molecule has 5 nitrogen and oxygen atoms in total. The third-order valence-corrected chi connectivity index (χ3v) is 5.49. The zero-order valence-electron chi connectivity index (χ0n) is 9.00. The Labute approximate surface area is 99.3 Å². The van der Waals surface area contributed by atoms with Crippen molar-refractivity contribution in [2.75, 3.05) is 12.0 Å². The summed E-state index contributed by atoms with van der Waals surface area (Å²) in [5.74, 6) is -0.544. The molecule has 0 amide bonds. The van der Waals surface area contributed by atoms with Crippen LogP contribution in [-0.2, 0) is 19.7 Å². The first kappa shape index (κ1) is 12.3. The van der Waals surface area contributed by atoms with Crippen LogP contribution in [0.2, 0.25) is 0 Å². The minimum absolute atomic E-state index is 0.0147. The van der Waals surface area contributed by atoms with Gasteiger partial charge in [-0.1, -0.05) is 0 Å². The van der Waals surface area contributed by atoms with Gasteiger partial charge in [0.15, 0.2) is 25.5 Å². The second kappa shape index (κ2) is 3.64. The van der Waals surface area contributed by atoms with Crippen LogP contribution in [0.3, 0.4) is 0 Å². The fraction of sp³-hybridized carbons (Fsp3) is 0.300. The molecule has 0 bridgehead atoms. The quantitative estimate of drug-likeness (QED) is 0.742. The molecule has 0 fully saturated rings. The van der Waals surface area contributed by atoms with E-state index in [9.17, 15) is 21.6 Å². The summed E-state index contributed by atoms with van der Waals surface area (Å²) < 4.78 is 46.0. The van der Waals surface area contributed by atoms with Crippen LogP contribution < -0.4 is 0 Å². The van der Waals surface area contributed by atoms with Gasteiger partial charge in [-0.15, -0.1) is 0 Å². The molecule has 1 aromatic rings. The van der Waals surface area contributed by atoms with Crippen LogP contribution >= 0.6 is 0 Å². The molecule has 0 radical (unpaired) electrons. The number of hydrogen-bond acceptors (Lipinski definition) is 5. The van der Waals surface area contributed by atoms with E-state index in [1.54, 1.807) is 0 Å². The van der Waals surface area contributed by atoms with Crippen LogP contribution in [0.1, 0.15) is 16.8 Å². The van der Waals surface area contributed by atoms with Crippen LogP contribution in [0.4, 0.5) is 0 Å². The first-order chi connectivity index (χ1) is 7.72. The van der Waals surface area contributed by atoms with E-state index in [-0.39, 0.29) is 33.3 Å². The molecule has 1 aromatic carbocycles. The maximum Gasteiger partial charge on any atom is 0.179 e. The van der Waals surface area contributed by atoms with Gasteiger partial charge in [-0.3, -0.25) is 4.79 Å². The second-order valence-electron chi connectivity index (χ2n) is 3.92. The molecule has 0 N–H and O–H groups in total. The highest BCUT2D eigenvalue weighted by Gasteiger charge is 2.29. The summed E-state index contributed by atoms with van der Waals surface area (Å²) in [5.41, 5.74) is -0.0147. The van der Waals surface area contributed by atoms with Crippen molar-refractivity contribution < 1.29 is 21.6 Å². The Morgan fingerprint density at radius 3 is 2.47 bits per heavy atom. The van der Waals surface area contributed by atoms with Crippen molar-refractivity contribution in [2.45, 2.75) is 16.2 Å². The monoisotopic (exact) mass is 274 g/mol. The number of Topliss-reactive ketones (excluding diaryl/α,β-unsaturated/α-hetero) is 1.